The van der Waals surface area contributed by atoms with Gasteiger partial charge in [0.05, 0.1) is 11.4 Å². The van der Waals surface area contributed by atoms with E-state index in [0.29, 0.717) is 11.3 Å². The normalized spacial score (nSPS) is 23.0. The van der Waals surface area contributed by atoms with Crippen molar-refractivity contribution in [1.82, 2.24) is 0 Å². The number of anilines is 2. The molecule has 1 amide bonds. The smallest absolute Gasteiger partial charge is 0.248 e. The predicted octanol–water partition coefficient (Wildman–Crippen LogP) is 1.33. The van der Waals surface area contributed by atoms with Crippen LogP contribution in [0, 0.1) is 5.92 Å². The van der Waals surface area contributed by atoms with Crippen molar-refractivity contribution in [1.29, 1.82) is 0 Å². The minimum atomic E-state index is -0.482. The van der Waals surface area contributed by atoms with Gasteiger partial charge < -0.3 is 21.9 Å². The van der Waals surface area contributed by atoms with Crippen molar-refractivity contribution >= 4 is 17.3 Å². The second-order valence-corrected chi connectivity index (χ2v) is 5.14. The molecule has 5 nitrogen and oxygen atoms in total. The Morgan fingerprint density at radius 1 is 1.37 bits per heavy atom. The molecule has 5 heteroatoms. The zero-order chi connectivity index (χ0) is 13.8. The minimum absolute atomic E-state index is 0.191. The predicted molar refractivity (Wildman–Crippen MR) is 75.8 cm³/mol. The van der Waals surface area contributed by atoms with Crippen LogP contribution >= 0.6 is 0 Å². The highest BCUT2D eigenvalue weighted by Gasteiger charge is 2.24. The topological polar surface area (TPSA) is 101 Å². The van der Waals surface area contributed by atoms with Crippen molar-refractivity contribution in [3.8, 4) is 0 Å². The number of nitrogen functional groups attached to an aromatic ring is 1. The largest absolute Gasteiger partial charge is 0.397 e. The number of primary amides is 1. The second-order valence-electron chi connectivity index (χ2n) is 5.14. The first-order valence-corrected chi connectivity index (χ1v) is 6.68. The number of hydrogen-bond donors (Lipinski definition) is 4. The van der Waals surface area contributed by atoms with Gasteiger partial charge >= 0.3 is 0 Å². The number of aliphatic hydroxyl groups excluding tert-OH is 1. The molecule has 104 valence electrons. The Morgan fingerprint density at radius 3 is 2.74 bits per heavy atom. The Bertz CT molecular complexity index is 462. The van der Waals surface area contributed by atoms with E-state index in [4.69, 9.17) is 11.5 Å². The highest BCUT2D eigenvalue weighted by Crippen LogP contribution is 2.29. The van der Waals surface area contributed by atoms with E-state index in [2.05, 4.69) is 5.32 Å². The molecule has 0 aliphatic heterocycles. The van der Waals surface area contributed by atoms with E-state index in [-0.39, 0.29) is 18.6 Å². The molecule has 0 spiro atoms. The van der Waals surface area contributed by atoms with Gasteiger partial charge in [0.2, 0.25) is 5.91 Å². The van der Waals surface area contributed by atoms with Crippen LogP contribution in [-0.4, -0.2) is 23.7 Å². The number of hydrogen-bond acceptors (Lipinski definition) is 4. The van der Waals surface area contributed by atoms with Gasteiger partial charge in [0.15, 0.2) is 0 Å². The number of nitrogens with two attached hydrogens (primary N) is 2. The van der Waals surface area contributed by atoms with Crippen LogP contribution in [0.15, 0.2) is 18.2 Å². The molecule has 2 rings (SSSR count). The first-order chi connectivity index (χ1) is 9.11. The number of carbonyl (C=O) groups is 1. The molecule has 0 radical (unpaired) electrons. The summed E-state index contributed by atoms with van der Waals surface area (Å²) in [5.74, 6) is -0.215. The zero-order valence-corrected chi connectivity index (χ0v) is 10.9. The molecular formula is C14H21N3O2. The number of rotatable bonds is 4. The summed E-state index contributed by atoms with van der Waals surface area (Å²) >= 11 is 0. The summed E-state index contributed by atoms with van der Waals surface area (Å²) in [7, 11) is 0. The lowest BCUT2D eigenvalue weighted by atomic mass is 9.85. The summed E-state index contributed by atoms with van der Waals surface area (Å²) in [6.07, 6.45) is 4.39. The molecule has 1 aliphatic carbocycles. The average Bonchev–Trinajstić information content (AvgIpc) is 2.41. The van der Waals surface area contributed by atoms with E-state index in [1.165, 1.54) is 6.42 Å². The SMILES string of the molecule is NC(=O)c1ccc(NC2CCCCC2CO)c(N)c1. The first kappa shape index (κ1) is 13.7. The number of amides is 1. The quantitative estimate of drug-likeness (QED) is 0.615. The van der Waals surface area contributed by atoms with Gasteiger partial charge in [-0.3, -0.25) is 4.79 Å². The summed E-state index contributed by atoms with van der Waals surface area (Å²) in [5.41, 5.74) is 12.9. The van der Waals surface area contributed by atoms with Crippen molar-refractivity contribution in [3.05, 3.63) is 23.8 Å². The summed E-state index contributed by atoms with van der Waals surface area (Å²) in [4.78, 5) is 11.1. The van der Waals surface area contributed by atoms with Gasteiger partial charge in [0, 0.05) is 24.1 Å². The van der Waals surface area contributed by atoms with Crippen LogP contribution in [0.2, 0.25) is 0 Å². The highest BCUT2D eigenvalue weighted by atomic mass is 16.3. The Hall–Kier alpha value is -1.75. The second kappa shape index (κ2) is 5.93. The molecule has 1 aromatic rings. The molecule has 6 N–H and O–H groups in total. The standard InChI is InChI=1S/C14H21N3O2/c15-11-7-9(14(16)19)5-6-13(11)17-12-4-2-1-3-10(12)8-18/h5-7,10,12,17-18H,1-4,8,15H2,(H2,16,19). The van der Waals surface area contributed by atoms with Crippen LogP contribution in [0.25, 0.3) is 0 Å². The van der Waals surface area contributed by atoms with Crippen molar-refractivity contribution in [2.24, 2.45) is 11.7 Å². The lowest BCUT2D eigenvalue weighted by molar-refractivity contribution is 0.100. The van der Waals surface area contributed by atoms with E-state index in [1.807, 2.05) is 0 Å². The Balaban J connectivity index is 2.11. The van der Waals surface area contributed by atoms with Crippen LogP contribution in [0.5, 0.6) is 0 Å². The van der Waals surface area contributed by atoms with E-state index in [9.17, 15) is 9.90 Å². The van der Waals surface area contributed by atoms with Gasteiger partial charge in [-0.15, -0.1) is 0 Å². The molecule has 2 unspecified atom stereocenters. The lowest BCUT2D eigenvalue weighted by Gasteiger charge is -2.32. The monoisotopic (exact) mass is 263 g/mol. The average molecular weight is 263 g/mol. The molecule has 0 bridgehead atoms. The van der Waals surface area contributed by atoms with Crippen LogP contribution in [0.3, 0.4) is 0 Å². The summed E-state index contributed by atoms with van der Waals surface area (Å²) in [6, 6.07) is 5.26. The zero-order valence-electron chi connectivity index (χ0n) is 10.9. The van der Waals surface area contributed by atoms with Crippen molar-refractivity contribution < 1.29 is 9.90 Å². The third-order valence-electron chi connectivity index (χ3n) is 3.82. The van der Waals surface area contributed by atoms with Gasteiger partial charge in [-0.25, -0.2) is 0 Å². The van der Waals surface area contributed by atoms with Crippen molar-refractivity contribution in [2.45, 2.75) is 31.7 Å². The van der Waals surface area contributed by atoms with E-state index in [1.54, 1.807) is 18.2 Å². The third kappa shape index (κ3) is 3.17. The molecule has 1 aliphatic rings. The third-order valence-corrected chi connectivity index (χ3v) is 3.82. The molecule has 19 heavy (non-hydrogen) atoms. The van der Waals surface area contributed by atoms with Gasteiger partial charge in [0.1, 0.15) is 0 Å². The maximum atomic E-state index is 11.1. The fourth-order valence-corrected chi connectivity index (χ4v) is 2.66. The molecule has 0 heterocycles. The minimum Gasteiger partial charge on any atom is -0.397 e. The fourth-order valence-electron chi connectivity index (χ4n) is 2.66. The Labute approximate surface area is 113 Å². The van der Waals surface area contributed by atoms with Crippen LogP contribution in [-0.2, 0) is 0 Å². The first-order valence-electron chi connectivity index (χ1n) is 6.68. The van der Waals surface area contributed by atoms with Gasteiger partial charge in [0.25, 0.3) is 0 Å². The number of carbonyl (C=O) groups excluding carboxylic acids is 1. The Kier molecular flexibility index (Phi) is 4.27. The summed E-state index contributed by atoms with van der Waals surface area (Å²) in [5, 5.41) is 12.8. The fraction of sp³-hybridized carbons (Fsp3) is 0.500. The van der Waals surface area contributed by atoms with Gasteiger partial charge in [-0.05, 0) is 31.0 Å². The van der Waals surface area contributed by atoms with Gasteiger partial charge in [-0.1, -0.05) is 12.8 Å². The maximum absolute atomic E-state index is 11.1. The molecule has 1 fully saturated rings. The van der Waals surface area contributed by atoms with Crippen LogP contribution in [0.1, 0.15) is 36.0 Å². The number of aliphatic hydroxyl groups is 1. The molecule has 0 saturated heterocycles. The molecule has 1 aromatic carbocycles. The highest BCUT2D eigenvalue weighted by molar-refractivity contribution is 5.94. The number of benzene rings is 1. The van der Waals surface area contributed by atoms with Crippen molar-refractivity contribution in [2.75, 3.05) is 17.7 Å². The van der Waals surface area contributed by atoms with Crippen molar-refractivity contribution in [3.63, 3.8) is 0 Å². The van der Waals surface area contributed by atoms with E-state index < -0.39 is 5.91 Å². The summed E-state index contributed by atoms with van der Waals surface area (Å²) in [6.45, 7) is 0.191. The number of nitrogens with one attached hydrogen (secondary N) is 1. The molecule has 0 aromatic heterocycles. The molecular weight excluding hydrogens is 242 g/mol. The van der Waals surface area contributed by atoms with Crippen LogP contribution < -0.4 is 16.8 Å². The van der Waals surface area contributed by atoms with Gasteiger partial charge in [-0.2, -0.15) is 0 Å². The van der Waals surface area contributed by atoms with Crippen LogP contribution in [0.4, 0.5) is 11.4 Å². The maximum Gasteiger partial charge on any atom is 0.248 e. The lowest BCUT2D eigenvalue weighted by Crippen LogP contribution is -2.34. The van der Waals surface area contributed by atoms with E-state index in [0.717, 1.165) is 24.9 Å². The van der Waals surface area contributed by atoms with E-state index >= 15 is 0 Å². The Morgan fingerprint density at radius 2 is 2.11 bits per heavy atom. The molecule has 2 atom stereocenters. The molecule has 1 saturated carbocycles. The summed E-state index contributed by atoms with van der Waals surface area (Å²) < 4.78 is 0.